The Labute approximate surface area is 215 Å². The SMILES string of the molecule is c1ccc(-c2ccc(-c3nc(-c4c5ccccc5cc5ccccc45)[nH]c3-c3ccccc3)cc2)cc1. The van der Waals surface area contributed by atoms with Crippen molar-refractivity contribution in [2.45, 2.75) is 0 Å². The summed E-state index contributed by atoms with van der Waals surface area (Å²) < 4.78 is 0. The van der Waals surface area contributed by atoms with Crippen molar-refractivity contribution in [1.82, 2.24) is 9.97 Å². The summed E-state index contributed by atoms with van der Waals surface area (Å²) in [5.41, 5.74) is 7.73. The molecule has 0 atom stereocenters. The predicted octanol–water partition coefficient (Wildman–Crippen LogP) is 9.38. The highest BCUT2D eigenvalue weighted by atomic mass is 14.9. The fourth-order valence-corrected chi connectivity index (χ4v) is 5.23. The molecule has 2 heteroatoms. The van der Waals surface area contributed by atoms with Gasteiger partial charge < -0.3 is 4.98 Å². The lowest BCUT2D eigenvalue weighted by atomic mass is 9.96. The van der Waals surface area contributed by atoms with Crippen LogP contribution in [0.3, 0.4) is 0 Å². The van der Waals surface area contributed by atoms with Crippen molar-refractivity contribution in [2.24, 2.45) is 0 Å². The summed E-state index contributed by atoms with van der Waals surface area (Å²) in [4.78, 5) is 9.01. The van der Waals surface area contributed by atoms with Crippen LogP contribution in [0.15, 0.2) is 140 Å². The van der Waals surface area contributed by atoms with Gasteiger partial charge in [0.1, 0.15) is 5.82 Å². The number of aromatic nitrogens is 2. The molecule has 0 saturated carbocycles. The summed E-state index contributed by atoms with van der Waals surface area (Å²) in [6.45, 7) is 0. The van der Waals surface area contributed by atoms with Crippen molar-refractivity contribution in [3.8, 4) is 45.0 Å². The van der Waals surface area contributed by atoms with E-state index < -0.39 is 0 Å². The van der Waals surface area contributed by atoms with Gasteiger partial charge in [0.15, 0.2) is 0 Å². The van der Waals surface area contributed by atoms with E-state index in [4.69, 9.17) is 4.98 Å². The Bertz CT molecular complexity index is 1790. The van der Waals surface area contributed by atoms with Crippen LogP contribution in [0, 0.1) is 0 Å². The zero-order chi connectivity index (χ0) is 24.6. The van der Waals surface area contributed by atoms with Crippen molar-refractivity contribution >= 4 is 21.5 Å². The van der Waals surface area contributed by atoms with E-state index >= 15 is 0 Å². The number of H-pyrrole nitrogens is 1. The van der Waals surface area contributed by atoms with E-state index in [-0.39, 0.29) is 0 Å². The first-order valence-electron chi connectivity index (χ1n) is 12.6. The number of imidazole rings is 1. The molecule has 0 radical (unpaired) electrons. The number of fused-ring (bicyclic) bond motifs is 2. The highest BCUT2D eigenvalue weighted by molar-refractivity contribution is 6.12. The second-order valence-electron chi connectivity index (χ2n) is 9.31. The molecule has 0 aliphatic rings. The normalized spacial score (nSPS) is 11.2. The number of hydrogen-bond donors (Lipinski definition) is 1. The third-order valence-electron chi connectivity index (χ3n) is 7.04. The first kappa shape index (κ1) is 21.3. The largest absolute Gasteiger partial charge is 0.337 e. The molecule has 1 N–H and O–H groups in total. The monoisotopic (exact) mass is 472 g/mol. The molecule has 0 amide bonds. The van der Waals surface area contributed by atoms with Crippen LogP contribution >= 0.6 is 0 Å². The van der Waals surface area contributed by atoms with Gasteiger partial charge in [0.25, 0.3) is 0 Å². The van der Waals surface area contributed by atoms with Gasteiger partial charge in [-0.2, -0.15) is 0 Å². The summed E-state index contributed by atoms with van der Waals surface area (Å²) in [7, 11) is 0. The number of rotatable bonds is 4. The van der Waals surface area contributed by atoms with Gasteiger partial charge in [-0.15, -0.1) is 0 Å². The molecule has 7 aromatic rings. The van der Waals surface area contributed by atoms with Gasteiger partial charge in [-0.05, 0) is 38.7 Å². The molecule has 37 heavy (non-hydrogen) atoms. The van der Waals surface area contributed by atoms with Gasteiger partial charge in [-0.3, -0.25) is 0 Å². The first-order valence-corrected chi connectivity index (χ1v) is 12.6. The highest BCUT2D eigenvalue weighted by Gasteiger charge is 2.19. The Balaban J connectivity index is 1.46. The molecule has 174 valence electrons. The third kappa shape index (κ3) is 3.80. The van der Waals surface area contributed by atoms with E-state index in [1.54, 1.807) is 0 Å². The van der Waals surface area contributed by atoms with E-state index in [1.165, 1.54) is 32.7 Å². The van der Waals surface area contributed by atoms with Crippen LogP contribution in [-0.2, 0) is 0 Å². The zero-order valence-electron chi connectivity index (χ0n) is 20.2. The molecule has 2 nitrogen and oxygen atoms in total. The highest BCUT2D eigenvalue weighted by Crippen LogP contribution is 2.39. The van der Waals surface area contributed by atoms with E-state index in [0.29, 0.717) is 0 Å². The van der Waals surface area contributed by atoms with Crippen molar-refractivity contribution in [1.29, 1.82) is 0 Å². The Morgan fingerprint density at radius 1 is 0.432 bits per heavy atom. The molecule has 0 unspecified atom stereocenters. The Morgan fingerprint density at radius 3 is 1.54 bits per heavy atom. The molecule has 6 aromatic carbocycles. The average molecular weight is 473 g/mol. The number of hydrogen-bond acceptors (Lipinski definition) is 1. The van der Waals surface area contributed by atoms with Crippen molar-refractivity contribution < 1.29 is 0 Å². The minimum atomic E-state index is 0.883. The lowest BCUT2D eigenvalue weighted by Gasteiger charge is -2.09. The zero-order valence-corrected chi connectivity index (χ0v) is 20.2. The van der Waals surface area contributed by atoms with Crippen LogP contribution in [0.25, 0.3) is 66.6 Å². The van der Waals surface area contributed by atoms with Gasteiger partial charge in [0, 0.05) is 16.7 Å². The maximum absolute atomic E-state index is 5.27. The molecule has 7 rings (SSSR count). The minimum Gasteiger partial charge on any atom is -0.337 e. The quantitative estimate of drug-likeness (QED) is 0.254. The van der Waals surface area contributed by atoms with Gasteiger partial charge >= 0.3 is 0 Å². The van der Waals surface area contributed by atoms with Crippen LogP contribution in [0.5, 0.6) is 0 Å². The van der Waals surface area contributed by atoms with Crippen LogP contribution in [0.2, 0.25) is 0 Å². The van der Waals surface area contributed by atoms with Gasteiger partial charge in [-0.25, -0.2) is 4.98 Å². The van der Waals surface area contributed by atoms with Crippen LogP contribution in [0.4, 0.5) is 0 Å². The maximum Gasteiger partial charge on any atom is 0.139 e. The average Bonchev–Trinajstić information content (AvgIpc) is 3.42. The smallest absolute Gasteiger partial charge is 0.139 e. The fourth-order valence-electron chi connectivity index (χ4n) is 5.23. The lowest BCUT2D eigenvalue weighted by molar-refractivity contribution is 1.32. The predicted molar refractivity (Wildman–Crippen MR) is 155 cm³/mol. The van der Waals surface area contributed by atoms with Crippen molar-refractivity contribution in [2.75, 3.05) is 0 Å². The maximum atomic E-state index is 5.27. The number of nitrogens with zero attached hydrogens (tertiary/aromatic N) is 1. The number of nitrogens with one attached hydrogen (secondary N) is 1. The molecule has 0 aliphatic carbocycles. The number of benzene rings is 6. The van der Waals surface area contributed by atoms with E-state index in [0.717, 1.165) is 33.9 Å². The van der Waals surface area contributed by atoms with E-state index in [2.05, 4.69) is 132 Å². The Hall–Kier alpha value is -4.95. The third-order valence-corrected chi connectivity index (χ3v) is 7.04. The molecular formula is C35H24N2. The van der Waals surface area contributed by atoms with Crippen LogP contribution < -0.4 is 0 Å². The summed E-state index contributed by atoms with van der Waals surface area (Å²) in [6, 6.07) is 49.1. The topological polar surface area (TPSA) is 28.7 Å². The second-order valence-corrected chi connectivity index (χ2v) is 9.31. The minimum absolute atomic E-state index is 0.883. The molecule has 1 aromatic heterocycles. The molecular weight excluding hydrogens is 448 g/mol. The molecule has 0 fully saturated rings. The van der Waals surface area contributed by atoms with E-state index in [1.807, 2.05) is 12.1 Å². The molecule has 1 heterocycles. The Morgan fingerprint density at radius 2 is 0.919 bits per heavy atom. The molecule has 0 saturated heterocycles. The molecule has 0 spiro atoms. The van der Waals surface area contributed by atoms with Crippen molar-refractivity contribution in [3.63, 3.8) is 0 Å². The molecule has 0 bridgehead atoms. The fraction of sp³-hybridized carbons (Fsp3) is 0. The van der Waals surface area contributed by atoms with Crippen LogP contribution in [-0.4, -0.2) is 9.97 Å². The Kier molecular flexibility index (Phi) is 5.15. The summed E-state index contributed by atoms with van der Waals surface area (Å²) in [5.74, 6) is 0.883. The first-order chi connectivity index (χ1) is 18.3. The standard InChI is InChI=1S/C35H24N2/c1-3-11-24(12-4-1)25-19-21-27(22-20-25)34-33(26-13-5-2-6-14-26)36-35(37-34)32-30-17-9-7-15-28(30)23-29-16-8-10-18-31(29)32/h1-23H,(H,36,37). The van der Waals surface area contributed by atoms with Crippen LogP contribution in [0.1, 0.15) is 0 Å². The van der Waals surface area contributed by atoms with Crippen molar-refractivity contribution in [3.05, 3.63) is 140 Å². The molecule has 0 aliphatic heterocycles. The van der Waals surface area contributed by atoms with Gasteiger partial charge in [0.2, 0.25) is 0 Å². The number of aromatic amines is 1. The summed E-state index contributed by atoms with van der Waals surface area (Å²) in [5, 5.41) is 4.81. The van der Waals surface area contributed by atoms with Gasteiger partial charge in [0.05, 0.1) is 11.4 Å². The second kappa shape index (κ2) is 8.92. The lowest BCUT2D eigenvalue weighted by Crippen LogP contribution is -1.87. The summed E-state index contributed by atoms with van der Waals surface area (Å²) >= 11 is 0. The summed E-state index contributed by atoms with van der Waals surface area (Å²) in [6.07, 6.45) is 0. The van der Waals surface area contributed by atoms with E-state index in [9.17, 15) is 0 Å². The van der Waals surface area contributed by atoms with Gasteiger partial charge in [-0.1, -0.05) is 133 Å².